The van der Waals surface area contributed by atoms with Crippen LogP contribution in [0, 0.1) is 5.82 Å². The molecule has 2 heterocycles. The summed E-state index contributed by atoms with van der Waals surface area (Å²) in [6.45, 7) is 6.29. The number of piperazine rings is 1. The zero-order valence-electron chi connectivity index (χ0n) is 14.8. The van der Waals surface area contributed by atoms with Crippen LogP contribution in [0.2, 0.25) is 0 Å². The quantitative estimate of drug-likeness (QED) is 0.816. The van der Waals surface area contributed by atoms with Gasteiger partial charge in [-0.2, -0.15) is 4.98 Å². The summed E-state index contributed by atoms with van der Waals surface area (Å²) in [6, 6.07) is 7.37. The standard InChI is InChI=1S/C18H21FN4O2.ClH/c1-13(2)25-16-7-8-20-18(21-16)23-11-9-22(10-12-23)17(24)14-3-5-15(19)6-4-14;/h3-8,13H,9-12H2,1-2H3;1H. The number of carbonyl (C=O) groups excluding carboxylic acids is 1. The highest BCUT2D eigenvalue weighted by Crippen LogP contribution is 2.17. The smallest absolute Gasteiger partial charge is 0.253 e. The largest absolute Gasteiger partial charge is 0.475 e. The Morgan fingerprint density at radius 3 is 2.38 bits per heavy atom. The first kappa shape index (κ1) is 19.9. The fourth-order valence-corrected chi connectivity index (χ4v) is 2.68. The number of nitrogens with zero attached hydrogens (tertiary/aromatic N) is 4. The Bertz CT molecular complexity index is 734. The summed E-state index contributed by atoms with van der Waals surface area (Å²) in [7, 11) is 0. The predicted molar refractivity (Wildman–Crippen MR) is 99.6 cm³/mol. The maximum atomic E-state index is 13.0. The first-order valence-corrected chi connectivity index (χ1v) is 8.32. The van der Waals surface area contributed by atoms with E-state index in [4.69, 9.17) is 4.74 Å². The molecule has 8 heteroatoms. The first-order valence-electron chi connectivity index (χ1n) is 8.32. The third-order valence-corrected chi connectivity index (χ3v) is 3.91. The molecule has 0 unspecified atom stereocenters. The molecule has 1 amide bonds. The lowest BCUT2D eigenvalue weighted by Gasteiger charge is -2.34. The number of ether oxygens (including phenoxy) is 1. The van der Waals surface area contributed by atoms with Crippen LogP contribution in [-0.4, -0.2) is 53.1 Å². The number of benzene rings is 1. The fourth-order valence-electron chi connectivity index (χ4n) is 2.68. The number of hydrogen-bond donors (Lipinski definition) is 0. The second-order valence-corrected chi connectivity index (χ2v) is 6.15. The zero-order valence-corrected chi connectivity index (χ0v) is 15.6. The summed E-state index contributed by atoms with van der Waals surface area (Å²) in [5.74, 6) is 0.719. The Labute approximate surface area is 158 Å². The fraction of sp³-hybridized carbons (Fsp3) is 0.389. The van der Waals surface area contributed by atoms with Gasteiger partial charge >= 0.3 is 0 Å². The van der Waals surface area contributed by atoms with Gasteiger partial charge in [-0.25, -0.2) is 9.37 Å². The van der Waals surface area contributed by atoms with E-state index < -0.39 is 0 Å². The molecule has 0 atom stereocenters. The summed E-state index contributed by atoms with van der Waals surface area (Å²) in [5, 5.41) is 0. The summed E-state index contributed by atoms with van der Waals surface area (Å²) < 4.78 is 18.6. The lowest BCUT2D eigenvalue weighted by Crippen LogP contribution is -2.49. The molecule has 26 heavy (non-hydrogen) atoms. The van der Waals surface area contributed by atoms with Gasteiger partial charge in [-0.15, -0.1) is 12.4 Å². The predicted octanol–water partition coefficient (Wildman–Crippen LogP) is 2.79. The number of rotatable bonds is 4. The zero-order chi connectivity index (χ0) is 17.8. The molecule has 0 spiro atoms. The summed E-state index contributed by atoms with van der Waals surface area (Å²) in [4.78, 5) is 25.0. The van der Waals surface area contributed by atoms with Gasteiger partial charge in [0.05, 0.1) is 6.10 Å². The van der Waals surface area contributed by atoms with Gasteiger partial charge in [-0.3, -0.25) is 4.79 Å². The van der Waals surface area contributed by atoms with Crippen molar-refractivity contribution in [2.24, 2.45) is 0 Å². The van der Waals surface area contributed by atoms with Crippen LogP contribution < -0.4 is 9.64 Å². The van der Waals surface area contributed by atoms with Gasteiger partial charge in [0.2, 0.25) is 11.8 Å². The highest BCUT2D eigenvalue weighted by atomic mass is 35.5. The Morgan fingerprint density at radius 1 is 1.12 bits per heavy atom. The van der Waals surface area contributed by atoms with E-state index in [9.17, 15) is 9.18 Å². The molecule has 0 bridgehead atoms. The van der Waals surface area contributed by atoms with Crippen LogP contribution in [-0.2, 0) is 0 Å². The molecule has 1 fully saturated rings. The van der Waals surface area contributed by atoms with E-state index in [0.29, 0.717) is 43.6 Å². The lowest BCUT2D eigenvalue weighted by atomic mass is 10.2. The van der Waals surface area contributed by atoms with E-state index in [-0.39, 0.29) is 30.2 Å². The molecule has 140 valence electrons. The van der Waals surface area contributed by atoms with Gasteiger partial charge in [0.25, 0.3) is 5.91 Å². The van der Waals surface area contributed by atoms with E-state index in [2.05, 4.69) is 9.97 Å². The van der Waals surface area contributed by atoms with E-state index in [1.54, 1.807) is 17.2 Å². The number of anilines is 1. The Morgan fingerprint density at radius 2 is 1.77 bits per heavy atom. The van der Waals surface area contributed by atoms with Crippen LogP contribution in [0.3, 0.4) is 0 Å². The summed E-state index contributed by atoms with van der Waals surface area (Å²) in [6.07, 6.45) is 1.73. The molecule has 1 aliphatic rings. The molecule has 1 aromatic carbocycles. The minimum atomic E-state index is -0.345. The van der Waals surface area contributed by atoms with Crippen LogP contribution in [0.5, 0.6) is 5.88 Å². The highest BCUT2D eigenvalue weighted by Gasteiger charge is 2.23. The average molecular weight is 381 g/mol. The van der Waals surface area contributed by atoms with Gasteiger partial charge in [-0.1, -0.05) is 0 Å². The van der Waals surface area contributed by atoms with Crippen molar-refractivity contribution in [3.8, 4) is 5.88 Å². The van der Waals surface area contributed by atoms with Crippen LogP contribution >= 0.6 is 12.4 Å². The van der Waals surface area contributed by atoms with Gasteiger partial charge in [0.15, 0.2) is 0 Å². The SMILES string of the molecule is CC(C)Oc1ccnc(N2CCN(C(=O)c3ccc(F)cc3)CC2)n1.Cl. The van der Waals surface area contributed by atoms with Crippen molar-refractivity contribution in [1.82, 2.24) is 14.9 Å². The Balaban J connectivity index is 0.00000243. The molecular formula is C18H22ClFN4O2. The maximum absolute atomic E-state index is 13.0. The van der Waals surface area contributed by atoms with Gasteiger partial charge in [-0.05, 0) is 38.1 Å². The molecule has 2 aromatic rings. The summed E-state index contributed by atoms with van der Waals surface area (Å²) in [5.41, 5.74) is 0.499. The number of carbonyl (C=O) groups is 1. The Kier molecular flexibility index (Phi) is 6.74. The van der Waals surface area contributed by atoms with E-state index >= 15 is 0 Å². The molecule has 3 rings (SSSR count). The van der Waals surface area contributed by atoms with Crippen molar-refractivity contribution < 1.29 is 13.9 Å². The van der Waals surface area contributed by atoms with Crippen molar-refractivity contribution in [2.45, 2.75) is 20.0 Å². The molecule has 1 aromatic heterocycles. The summed E-state index contributed by atoms with van der Waals surface area (Å²) >= 11 is 0. The molecule has 6 nitrogen and oxygen atoms in total. The minimum Gasteiger partial charge on any atom is -0.475 e. The molecule has 0 N–H and O–H groups in total. The van der Waals surface area contributed by atoms with Crippen molar-refractivity contribution >= 4 is 24.3 Å². The third kappa shape index (κ3) is 4.82. The van der Waals surface area contributed by atoms with Crippen molar-refractivity contribution in [2.75, 3.05) is 31.1 Å². The third-order valence-electron chi connectivity index (χ3n) is 3.91. The van der Waals surface area contributed by atoms with Crippen LogP contribution in [0.15, 0.2) is 36.5 Å². The van der Waals surface area contributed by atoms with Crippen molar-refractivity contribution in [1.29, 1.82) is 0 Å². The normalized spacial score (nSPS) is 14.2. The maximum Gasteiger partial charge on any atom is 0.253 e. The van der Waals surface area contributed by atoms with Gasteiger partial charge in [0, 0.05) is 44.0 Å². The number of halogens is 2. The van der Waals surface area contributed by atoms with E-state index in [1.165, 1.54) is 24.3 Å². The number of aromatic nitrogens is 2. The van der Waals surface area contributed by atoms with Gasteiger partial charge in [0.1, 0.15) is 5.82 Å². The monoisotopic (exact) mass is 380 g/mol. The molecule has 0 radical (unpaired) electrons. The number of amides is 1. The van der Waals surface area contributed by atoms with Crippen LogP contribution in [0.4, 0.5) is 10.3 Å². The topological polar surface area (TPSA) is 58.6 Å². The number of hydrogen-bond acceptors (Lipinski definition) is 5. The minimum absolute atomic E-state index is 0. The molecule has 0 saturated carbocycles. The second-order valence-electron chi connectivity index (χ2n) is 6.15. The lowest BCUT2D eigenvalue weighted by molar-refractivity contribution is 0.0746. The van der Waals surface area contributed by atoms with Crippen LogP contribution in [0.25, 0.3) is 0 Å². The van der Waals surface area contributed by atoms with Crippen LogP contribution in [0.1, 0.15) is 24.2 Å². The second kappa shape index (κ2) is 8.80. The highest BCUT2D eigenvalue weighted by molar-refractivity contribution is 5.94. The van der Waals surface area contributed by atoms with Gasteiger partial charge < -0.3 is 14.5 Å². The van der Waals surface area contributed by atoms with E-state index in [0.717, 1.165) is 0 Å². The first-order chi connectivity index (χ1) is 12.0. The average Bonchev–Trinajstić information content (AvgIpc) is 2.62. The molecule has 1 aliphatic heterocycles. The van der Waals surface area contributed by atoms with Crippen molar-refractivity contribution in [3.63, 3.8) is 0 Å². The van der Waals surface area contributed by atoms with Crippen molar-refractivity contribution in [3.05, 3.63) is 47.9 Å². The Hall–Kier alpha value is -2.41. The molecular weight excluding hydrogens is 359 g/mol. The molecule has 1 saturated heterocycles. The van der Waals surface area contributed by atoms with E-state index in [1.807, 2.05) is 18.7 Å². The molecule has 0 aliphatic carbocycles.